The summed E-state index contributed by atoms with van der Waals surface area (Å²) in [4.78, 5) is 21.5. The molecule has 8 heteroatoms. The van der Waals surface area contributed by atoms with Gasteiger partial charge in [0, 0.05) is 11.6 Å². The standard InChI is InChI=1S/C18H14N6OS/c25-17(10-12-5-6-14-13(9-12)3-1-7-19-14)22-24-18-20-11-15(21-23-18)16-4-2-8-26-16/h1-9,11H,10H2,(H,22,25)(H,20,23,24). The average molecular weight is 362 g/mol. The molecule has 3 heterocycles. The Balaban J connectivity index is 1.35. The predicted octanol–water partition coefficient (Wildman–Crippen LogP) is 2.83. The molecule has 4 aromatic rings. The number of pyridine rings is 1. The van der Waals surface area contributed by atoms with Crippen LogP contribution >= 0.6 is 11.3 Å². The van der Waals surface area contributed by atoms with Gasteiger partial charge in [-0.2, -0.15) is 0 Å². The quantitative estimate of drug-likeness (QED) is 0.530. The van der Waals surface area contributed by atoms with Gasteiger partial charge >= 0.3 is 0 Å². The van der Waals surface area contributed by atoms with Crippen molar-refractivity contribution in [1.29, 1.82) is 0 Å². The molecule has 0 saturated heterocycles. The van der Waals surface area contributed by atoms with Crippen LogP contribution in [0.3, 0.4) is 0 Å². The molecule has 1 aromatic carbocycles. The zero-order chi connectivity index (χ0) is 17.8. The highest BCUT2D eigenvalue weighted by atomic mass is 32.1. The van der Waals surface area contributed by atoms with Crippen molar-refractivity contribution in [2.75, 3.05) is 5.43 Å². The van der Waals surface area contributed by atoms with Crippen molar-refractivity contribution < 1.29 is 4.79 Å². The molecular formula is C18H14N6OS. The largest absolute Gasteiger partial charge is 0.273 e. The number of hydrogen-bond donors (Lipinski definition) is 2. The van der Waals surface area contributed by atoms with Crippen LogP contribution in [-0.2, 0) is 11.2 Å². The Morgan fingerprint density at radius 1 is 1.08 bits per heavy atom. The molecule has 0 bridgehead atoms. The molecule has 4 rings (SSSR count). The minimum absolute atomic E-state index is 0.195. The van der Waals surface area contributed by atoms with Gasteiger partial charge in [-0.25, -0.2) is 4.98 Å². The van der Waals surface area contributed by atoms with Gasteiger partial charge in [0.2, 0.25) is 5.91 Å². The van der Waals surface area contributed by atoms with Crippen LogP contribution in [0.25, 0.3) is 21.5 Å². The number of rotatable bonds is 5. The van der Waals surface area contributed by atoms with E-state index in [1.165, 1.54) is 0 Å². The van der Waals surface area contributed by atoms with E-state index in [-0.39, 0.29) is 18.3 Å². The first-order valence-corrected chi connectivity index (χ1v) is 8.78. The first kappa shape index (κ1) is 16.1. The number of thiophene rings is 1. The third-order valence-corrected chi connectivity index (χ3v) is 4.57. The summed E-state index contributed by atoms with van der Waals surface area (Å²) in [6.07, 6.45) is 3.60. The highest BCUT2D eigenvalue weighted by Crippen LogP contribution is 2.21. The zero-order valence-corrected chi connectivity index (χ0v) is 14.4. The maximum absolute atomic E-state index is 12.1. The van der Waals surface area contributed by atoms with Crippen LogP contribution in [0.4, 0.5) is 5.95 Å². The van der Waals surface area contributed by atoms with Crippen LogP contribution in [0.15, 0.2) is 60.2 Å². The summed E-state index contributed by atoms with van der Waals surface area (Å²) in [5.41, 5.74) is 7.76. The molecule has 128 valence electrons. The van der Waals surface area contributed by atoms with Crippen LogP contribution < -0.4 is 10.9 Å². The summed E-state index contributed by atoms with van der Waals surface area (Å²) in [5, 5.41) is 11.0. The molecule has 0 fully saturated rings. The van der Waals surface area contributed by atoms with Gasteiger partial charge in [-0.05, 0) is 35.2 Å². The number of anilines is 1. The average Bonchev–Trinajstić information content (AvgIpc) is 3.21. The lowest BCUT2D eigenvalue weighted by atomic mass is 10.1. The molecule has 0 aliphatic heterocycles. The highest BCUT2D eigenvalue weighted by Gasteiger charge is 2.07. The summed E-state index contributed by atoms with van der Waals surface area (Å²) < 4.78 is 0. The van der Waals surface area contributed by atoms with Crippen molar-refractivity contribution in [3.63, 3.8) is 0 Å². The smallest absolute Gasteiger partial charge is 0.261 e. The number of benzene rings is 1. The Morgan fingerprint density at radius 3 is 2.85 bits per heavy atom. The molecule has 0 radical (unpaired) electrons. The van der Waals surface area contributed by atoms with Crippen molar-refractivity contribution in [1.82, 2.24) is 25.6 Å². The SMILES string of the molecule is O=C(Cc1ccc2ncccc2c1)NNc1ncc(-c2cccs2)nn1. The summed E-state index contributed by atoms with van der Waals surface area (Å²) in [6, 6.07) is 13.5. The topological polar surface area (TPSA) is 92.7 Å². The number of amides is 1. The number of hydrazine groups is 1. The minimum Gasteiger partial charge on any atom is -0.273 e. The van der Waals surface area contributed by atoms with Gasteiger partial charge in [0.25, 0.3) is 5.95 Å². The number of aromatic nitrogens is 4. The number of hydrogen-bond acceptors (Lipinski definition) is 7. The second-order valence-corrected chi connectivity index (χ2v) is 6.47. The van der Waals surface area contributed by atoms with Gasteiger partial charge in [0.05, 0.1) is 23.0 Å². The fourth-order valence-electron chi connectivity index (χ4n) is 2.46. The number of nitrogens with one attached hydrogen (secondary N) is 2. The van der Waals surface area contributed by atoms with Crippen LogP contribution in [0, 0.1) is 0 Å². The van der Waals surface area contributed by atoms with E-state index < -0.39 is 0 Å². The van der Waals surface area contributed by atoms with Crippen molar-refractivity contribution in [3.8, 4) is 10.6 Å². The van der Waals surface area contributed by atoms with Gasteiger partial charge in [0.1, 0.15) is 5.69 Å². The van der Waals surface area contributed by atoms with E-state index in [2.05, 4.69) is 31.0 Å². The van der Waals surface area contributed by atoms with E-state index in [0.717, 1.165) is 21.3 Å². The van der Waals surface area contributed by atoms with E-state index >= 15 is 0 Å². The van der Waals surface area contributed by atoms with E-state index in [1.54, 1.807) is 23.7 Å². The van der Waals surface area contributed by atoms with Crippen LogP contribution in [-0.4, -0.2) is 26.1 Å². The molecule has 0 saturated carbocycles. The normalized spacial score (nSPS) is 10.6. The van der Waals surface area contributed by atoms with Crippen LogP contribution in [0.1, 0.15) is 5.56 Å². The van der Waals surface area contributed by atoms with Gasteiger partial charge in [-0.15, -0.1) is 21.5 Å². The minimum atomic E-state index is -0.195. The fourth-order valence-corrected chi connectivity index (χ4v) is 3.14. The Morgan fingerprint density at radius 2 is 2.04 bits per heavy atom. The van der Waals surface area contributed by atoms with Crippen molar-refractivity contribution in [3.05, 3.63) is 65.8 Å². The summed E-state index contributed by atoms with van der Waals surface area (Å²) in [7, 11) is 0. The Hall–Kier alpha value is -3.39. The van der Waals surface area contributed by atoms with Crippen molar-refractivity contribution in [2.24, 2.45) is 0 Å². The maximum atomic E-state index is 12.1. The van der Waals surface area contributed by atoms with E-state index in [9.17, 15) is 4.79 Å². The van der Waals surface area contributed by atoms with Crippen LogP contribution in [0.5, 0.6) is 0 Å². The lowest BCUT2D eigenvalue weighted by Crippen LogP contribution is -2.31. The molecule has 0 unspecified atom stereocenters. The van der Waals surface area contributed by atoms with Gasteiger partial charge in [0.15, 0.2) is 0 Å². The number of fused-ring (bicyclic) bond motifs is 1. The third kappa shape index (κ3) is 3.65. The maximum Gasteiger partial charge on any atom is 0.261 e. The second kappa shape index (κ2) is 7.24. The molecular weight excluding hydrogens is 348 g/mol. The Bertz CT molecular complexity index is 1030. The highest BCUT2D eigenvalue weighted by molar-refractivity contribution is 7.13. The monoisotopic (exact) mass is 362 g/mol. The van der Waals surface area contributed by atoms with Gasteiger partial charge in [-0.3, -0.25) is 20.6 Å². The van der Waals surface area contributed by atoms with Gasteiger partial charge < -0.3 is 0 Å². The van der Waals surface area contributed by atoms with Crippen LogP contribution in [0.2, 0.25) is 0 Å². The molecule has 0 aliphatic rings. The predicted molar refractivity (Wildman–Crippen MR) is 100 cm³/mol. The van der Waals surface area contributed by atoms with Crippen molar-refractivity contribution >= 4 is 34.1 Å². The molecule has 0 spiro atoms. The number of nitrogens with zero attached hydrogens (tertiary/aromatic N) is 4. The summed E-state index contributed by atoms with van der Waals surface area (Å²) in [6.45, 7) is 0. The second-order valence-electron chi connectivity index (χ2n) is 5.52. The van der Waals surface area contributed by atoms with E-state index in [0.29, 0.717) is 5.69 Å². The molecule has 3 aromatic heterocycles. The van der Waals surface area contributed by atoms with E-state index in [4.69, 9.17) is 0 Å². The fraction of sp³-hybridized carbons (Fsp3) is 0.0556. The van der Waals surface area contributed by atoms with Gasteiger partial charge in [-0.1, -0.05) is 18.2 Å². The first-order chi connectivity index (χ1) is 12.8. The lowest BCUT2D eigenvalue weighted by molar-refractivity contribution is -0.119. The van der Waals surface area contributed by atoms with E-state index in [1.807, 2.05) is 47.8 Å². The number of carbonyl (C=O) groups is 1. The number of carbonyl (C=O) groups excluding carboxylic acids is 1. The molecule has 0 aliphatic carbocycles. The Labute approximate surface area is 153 Å². The molecule has 1 amide bonds. The third-order valence-electron chi connectivity index (χ3n) is 3.68. The molecule has 26 heavy (non-hydrogen) atoms. The lowest BCUT2D eigenvalue weighted by Gasteiger charge is -2.07. The molecule has 2 N–H and O–H groups in total. The Kier molecular flexibility index (Phi) is 4.48. The summed E-state index contributed by atoms with van der Waals surface area (Å²) >= 11 is 1.56. The van der Waals surface area contributed by atoms with Crippen molar-refractivity contribution in [2.45, 2.75) is 6.42 Å². The molecule has 7 nitrogen and oxygen atoms in total. The first-order valence-electron chi connectivity index (χ1n) is 7.90. The summed E-state index contributed by atoms with van der Waals surface area (Å²) in [5.74, 6) is 0.0422. The molecule has 0 atom stereocenters. The zero-order valence-electron chi connectivity index (χ0n) is 13.6.